The normalized spacial score (nSPS) is 27.9. The highest BCUT2D eigenvalue weighted by Gasteiger charge is 2.73. The van der Waals surface area contributed by atoms with Crippen LogP contribution in [-0.2, 0) is 56.4 Å². The molecule has 1 aliphatic heterocycles. The molecule has 70 heavy (non-hydrogen) atoms. The number of phenols is 1. The van der Waals surface area contributed by atoms with Gasteiger partial charge in [-0.25, -0.2) is 4.98 Å². The Morgan fingerprint density at radius 2 is 1.57 bits per heavy atom. The van der Waals surface area contributed by atoms with Crippen LogP contribution in [0.25, 0.3) is 10.4 Å². The average Bonchev–Trinajstić information content (AvgIpc) is 4.04. The number of aryl methyl sites for hydroxylation is 1. The minimum absolute atomic E-state index is 0.00106. The molecule has 3 saturated carbocycles. The molecule has 8 rings (SSSR count). The van der Waals surface area contributed by atoms with Crippen LogP contribution in [0, 0.1) is 35.5 Å². The predicted octanol–water partition coefficient (Wildman–Crippen LogP) is 5.87. The second-order valence-electron chi connectivity index (χ2n) is 21.2. The molecule has 0 unspecified atom stereocenters. The van der Waals surface area contributed by atoms with Crippen molar-refractivity contribution < 1.29 is 53.4 Å². The van der Waals surface area contributed by atoms with Crippen LogP contribution in [0.3, 0.4) is 0 Å². The lowest BCUT2D eigenvalue weighted by Gasteiger charge is -2.74. The Morgan fingerprint density at radius 1 is 0.886 bits per heavy atom. The fourth-order valence-electron chi connectivity index (χ4n) is 13.1. The molecule has 1 aromatic heterocycles. The van der Waals surface area contributed by atoms with E-state index in [9.17, 15) is 29.7 Å². The minimum Gasteiger partial charge on any atom is -0.508 e. The molecule has 9 atom stereocenters. The van der Waals surface area contributed by atoms with E-state index in [1.165, 1.54) is 22.4 Å². The highest BCUT2D eigenvalue weighted by Crippen LogP contribution is 2.78. The SMILES string of the molecule is Cc1ncsc1-c1ccc(CNC(=O)[C@@H]2C[C@@H](O)CN2C(=O)[C@@H](NC(=O)COCCOCCOCCOCCOCCCC[C@@]23Cc4cc(O)ccc4[C@]4(CC[C@]5(C)[C@@H](O)CC[C@H]5[C@H]24)C3)C(C)C)cc1. The van der Waals surface area contributed by atoms with Gasteiger partial charge >= 0.3 is 0 Å². The Labute approximate surface area is 417 Å². The molecule has 3 amide bonds. The fraction of sp³-hybridized carbons (Fsp3) is 0.667. The van der Waals surface area contributed by atoms with Crippen LogP contribution in [0.2, 0.25) is 0 Å². The van der Waals surface area contributed by atoms with Crippen LogP contribution in [-0.4, -0.2) is 140 Å². The van der Waals surface area contributed by atoms with Crippen molar-refractivity contribution in [2.24, 2.45) is 28.6 Å². The standard InChI is InChI=1S/C54H76N4O11S/c1-35(2)47(51(64)58-31-41(60)28-44(58)50(63)55-30-37-7-9-38(10-8-37)48-36(3)56-34-70-48)57-46(62)32-69-26-25-68-24-23-67-22-21-66-20-19-65-18-6-5-15-53-29-39-27-40(59)11-12-42(39)54(33-53)17-16-52(4)43(49(53)54)13-14-45(52)61/h7-12,27,34-35,41,43-45,47,49,59-61H,5-6,13-26,28-33H2,1-4H3,(H,55,63)(H,57,62)/t41-,43+,44+,45+,47+,49-,52+,53+,54+/m1/s1. The van der Waals surface area contributed by atoms with Gasteiger partial charge in [0.05, 0.1) is 81.1 Å². The number of amides is 3. The number of aliphatic hydroxyl groups excluding tert-OH is 2. The van der Waals surface area contributed by atoms with E-state index < -0.39 is 30.0 Å². The highest BCUT2D eigenvalue weighted by molar-refractivity contribution is 7.13. The molecule has 384 valence electrons. The number of β-amino-alcohol motifs (C(OH)–C–C–N with tert-alkyl or cyclic N) is 1. The van der Waals surface area contributed by atoms with Crippen molar-refractivity contribution in [1.29, 1.82) is 0 Å². The van der Waals surface area contributed by atoms with Crippen LogP contribution in [0.15, 0.2) is 48.0 Å². The summed E-state index contributed by atoms with van der Waals surface area (Å²) in [6.07, 6.45) is 8.88. The van der Waals surface area contributed by atoms with Gasteiger partial charge in [0, 0.05) is 26.1 Å². The summed E-state index contributed by atoms with van der Waals surface area (Å²) in [6.45, 7) is 11.8. The number of ether oxygens (including phenoxy) is 5. The van der Waals surface area contributed by atoms with E-state index in [0.29, 0.717) is 63.8 Å². The van der Waals surface area contributed by atoms with Crippen molar-refractivity contribution in [2.75, 3.05) is 72.6 Å². The molecule has 2 heterocycles. The zero-order valence-electron chi connectivity index (χ0n) is 41.6. The lowest BCUT2D eigenvalue weighted by molar-refractivity contribution is -0.192. The van der Waals surface area contributed by atoms with Gasteiger partial charge in [0.15, 0.2) is 0 Å². The van der Waals surface area contributed by atoms with E-state index in [0.717, 1.165) is 73.1 Å². The molecule has 3 aromatic rings. The Bertz CT molecular complexity index is 2240. The summed E-state index contributed by atoms with van der Waals surface area (Å²) >= 11 is 1.58. The summed E-state index contributed by atoms with van der Waals surface area (Å²) in [5.74, 6) is 0.0143. The van der Waals surface area contributed by atoms with E-state index >= 15 is 0 Å². The van der Waals surface area contributed by atoms with Crippen molar-refractivity contribution >= 4 is 29.1 Å². The lowest BCUT2D eigenvalue weighted by Crippen LogP contribution is -2.69. The van der Waals surface area contributed by atoms with Gasteiger partial charge in [0.2, 0.25) is 17.7 Å². The zero-order valence-corrected chi connectivity index (χ0v) is 42.4. The van der Waals surface area contributed by atoms with Gasteiger partial charge in [-0.3, -0.25) is 14.4 Å². The number of aromatic hydroxyl groups is 1. The number of aromatic nitrogens is 1. The van der Waals surface area contributed by atoms with Gasteiger partial charge in [-0.2, -0.15) is 0 Å². The number of thiazole rings is 1. The Balaban J connectivity index is 0.635. The number of benzene rings is 2. The number of hydrogen-bond acceptors (Lipinski definition) is 13. The third kappa shape index (κ3) is 11.4. The van der Waals surface area contributed by atoms with E-state index in [-0.39, 0.29) is 73.5 Å². The molecular weight excluding hydrogens is 913 g/mol. The summed E-state index contributed by atoms with van der Waals surface area (Å²) in [7, 11) is 0. The van der Waals surface area contributed by atoms with E-state index in [4.69, 9.17) is 23.7 Å². The monoisotopic (exact) mass is 989 g/mol. The molecule has 4 aliphatic carbocycles. The fourth-order valence-corrected chi connectivity index (χ4v) is 13.9. The maximum atomic E-state index is 13.7. The zero-order chi connectivity index (χ0) is 49.5. The largest absolute Gasteiger partial charge is 0.508 e. The minimum atomic E-state index is -0.902. The summed E-state index contributed by atoms with van der Waals surface area (Å²) in [5.41, 5.74) is 8.02. The second kappa shape index (κ2) is 23.3. The number of hydrogen-bond donors (Lipinski definition) is 5. The third-order valence-corrected chi connectivity index (χ3v) is 17.4. The van der Waals surface area contributed by atoms with Crippen molar-refractivity contribution in [3.63, 3.8) is 0 Å². The first-order valence-electron chi connectivity index (χ1n) is 25.7. The van der Waals surface area contributed by atoms with Gasteiger partial charge in [0.1, 0.15) is 24.4 Å². The van der Waals surface area contributed by atoms with Crippen molar-refractivity contribution in [3.8, 4) is 16.2 Å². The topological polar surface area (TPSA) is 198 Å². The van der Waals surface area contributed by atoms with Gasteiger partial charge < -0.3 is 54.5 Å². The van der Waals surface area contributed by atoms with E-state index in [1.807, 2.05) is 62.7 Å². The number of aliphatic hydroxyl groups is 2. The molecule has 0 spiro atoms. The van der Waals surface area contributed by atoms with E-state index in [2.05, 4.69) is 28.6 Å². The molecule has 15 nitrogen and oxygen atoms in total. The third-order valence-electron chi connectivity index (χ3n) is 16.4. The lowest BCUT2D eigenvalue weighted by atomic mass is 9.30. The summed E-state index contributed by atoms with van der Waals surface area (Å²) in [4.78, 5) is 46.7. The molecule has 16 heteroatoms. The Kier molecular flexibility index (Phi) is 17.4. The average molecular weight is 989 g/mol. The smallest absolute Gasteiger partial charge is 0.246 e. The number of rotatable bonds is 26. The number of likely N-dealkylation sites (tertiary alicyclic amines) is 1. The first-order valence-corrected chi connectivity index (χ1v) is 26.6. The quantitative estimate of drug-likeness (QED) is 0.0602. The van der Waals surface area contributed by atoms with E-state index in [1.54, 1.807) is 11.3 Å². The summed E-state index contributed by atoms with van der Waals surface area (Å²) < 4.78 is 28.3. The number of nitrogens with one attached hydrogen (secondary N) is 2. The van der Waals surface area contributed by atoms with Crippen LogP contribution < -0.4 is 10.6 Å². The van der Waals surface area contributed by atoms with Crippen molar-refractivity contribution in [2.45, 2.75) is 128 Å². The molecule has 0 radical (unpaired) electrons. The van der Waals surface area contributed by atoms with Gasteiger partial charge in [-0.05, 0) is 127 Å². The molecule has 4 fully saturated rings. The summed E-state index contributed by atoms with van der Waals surface area (Å²) in [6, 6.07) is 12.2. The molecule has 1 saturated heterocycles. The number of carbonyl (C=O) groups excluding carboxylic acids is 3. The maximum Gasteiger partial charge on any atom is 0.246 e. The van der Waals surface area contributed by atoms with Crippen LogP contribution in [0.4, 0.5) is 0 Å². The van der Waals surface area contributed by atoms with Crippen molar-refractivity contribution in [1.82, 2.24) is 20.5 Å². The number of carbonyl (C=O) groups is 3. The predicted molar refractivity (Wildman–Crippen MR) is 265 cm³/mol. The molecule has 2 aromatic carbocycles. The number of nitrogens with zero attached hydrogens (tertiary/aromatic N) is 2. The number of phenolic OH excluding ortho intramolecular Hbond substituents is 1. The number of fused-ring (bicyclic) bond motifs is 2. The molecule has 2 bridgehead atoms. The van der Waals surface area contributed by atoms with Crippen LogP contribution in [0.5, 0.6) is 5.75 Å². The number of unbranched alkanes of at least 4 members (excludes halogenated alkanes) is 1. The molecule has 5 N–H and O–H groups in total. The Morgan fingerprint density at radius 3 is 2.24 bits per heavy atom. The van der Waals surface area contributed by atoms with Crippen LogP contribution >= 0.6 is 11.3 Å². The van der Waals surface area contributed by atoms with Gasteiger partial charge in [-0.15, -0.1) is 11.3 Å². The molecular formula is C54H76N4O11S. The van der Waals surface area contributed by atoms with Crippen LogP contribution in [0.1, 0.15) is 101 Å². The Hall–Kier alpha value is -4.00. The summed E-state index contributed by atoms with van der Waals surface area (Å²) in [5, 5.41) is 37.6. The van der Waals surface area contributed by atoms with Gasteiger partial charge in [-0.1, -0.05) is 57.5 Å². The first kappa shape index (κ1) is 52.3. The maximum absolute atomic E-state index is 13.7. The second-order valence-corrected chi connectivity index (χ2v) is 22.1. The first-order chi connectivity index (χ1) is 33.7. The highest BCUT2D eigenvalue weighted by atomic mass is 32.1. The molecule has 5 aliphatic rings. The van der Waals surface area contributed by atoms with Crippen molar-refractivity contribution in [3.05, 3.63) is 70.4 Å². The van der Waals surface area contributed by atoms with Gasteiger partial charge in [0.25, 0.3) is 0 Å².